The Hall–Kier alpha value is -1.14. The molecule has 2 aliphatic heterocycles. The standard InChI is InChI=1S/C19H33N3O3/c23-18(20-17-5-3-1-2-4-6-17)15-21-9-7-16(8-10-21)19(24)22-11-13-25-14-12-22/h16-17H,1-15H2,(H,20,23). The average Bonchev–Trinajstić information content (AvgIpc) is 2.91. The third kappa shape index (κ3) is 5.68. The third-order valence-electron chi connectivity index (χ3n) is 5.85. The van der Waals surface area contributed by atoms with Crippen molar-refractivity contribution in [3.05, 3.63) is 0 Å². The van der Waals surface area contributed by atoms with Crippen molar-refractivity contribution < 1.29 is 14.3 Å². The van der Waals surface area contributed by atoms with Crippen LogP contribution in [0, 0.1) is 5.92 Å². The van der Waals surface area contributed by atoms with Crippen molar-refractivity contribution in [3.8, 4) is 0 Å². The summed E-state index contributed by atoms with van der Waals surface area (Å²) in [4.78, 5) is 29.0. The second kappa shape index (κ2) is 9.53. The van der Waals surface area contributed by atoms with E-state index in [4.69, 9.17) is 4.74 Å². The zero-order valence-corrected chi connectivity index (χ0v) is 15.4. The lowest BCUT2D eigenvalue weighted by Gasteiger charge is -2.35. The molecule has 1 saturated carbocycles. The van der Waals surface area contributed by atoms with Crippen molar-refractivity contribution in [3.63, 3.8) is 0 Å². The molecule has 0 aromatic rings. The van der Waals surface area contributed by atoms with Crippen molar-refractivity contribution >= 4 is 11.8 Å². The van der Waals surface area contributed by atoms with Gasteiger partial charge in [0.25, 0.3) is 0 Å². The summed E-state index contributed by atoms with van der Waals surface area (Å²) >= 11 is 0. The van der Waals surface area contributed by atoms with Crippen LogP contribution in [-0.2, 0) is 14.3 Å². The van der Waals surface area contributed by atoms with E-state index in [2.05, 4.69) is 10.2 Å². The fourth-order valence-electron chi connectivity index (χ4n) is 4.28. The van der Waals surface area contributed by atoms with Crippen LogP contribution in [0.1, 0.15) is 51.4 Å². The topological polar surface area (TPSA) is 61.9 Å². The molecule has 2 heterocycles. The maximum atomic E-state index is 12.5. The number of nitrogens with one attached hydrogen (secondary N) is 1. The second-order valence-corrected chi connectivity index (χ2v) is 7.74. The molecule has 0 bridgehead atoms. The van der Waals surface area contributed by atoms with E-state index in [-0.39, 0.29) is 17.7 Å². The number of nitrogens with zero attached hydrogens (tertiary/aromatic N) is 2. The first-order valence-corrected chi connectivity index (χ1v) is 10.1. The van der Waals surface area contributed by atoms with Gasteiger partial charge >= 0.3 is 0 Å². The first-order valence-electron chi connectivity index (χ1n) is 10.1. The minimum absolute atomic E-state index is 0.124. The minimum atomic E-state index is 0.124. The highest BCUT2D eigenvalue weighted by Gasteiger charge is 2.30. The maximum absolute atomic E-state index is 12.5. The Balaban J connectivity index is 1.36. The van der Waals surface area contributed by atoms with Crippen LogP contribution < -0.4 is 5.32 Å². The largest absolute Gasteiger partial charge is 0.378 e. The van der Waals surface area contributed by atoms with Gasteiger partial charge in [0, 0.05) is 25.0 Å². The smallest absolute Gasteiger partial charge is 0.234 e. The Morgan fingerprint density at radius 3 is 2.16 bits per heavy atom. The van der Waals surface area contributed by atoms with Gasteiger partial charge in [0.1, 0.15) is 0 Å². The normalized spacial score (nSPS) is 24.7. The van der Waals surface area contributed by atoms with Gasteiger partial charge in [-0.25, -0.2) is 0 Å². The molecule has 1 aliphatic carbocycles. The molecule has 0 atom stereocenters. The predicted octanol–water partition coefficient (Wildman–Crippen LogP) is 1.40. The molecule has 3 aliphatic rings. The molecule has 0 aromatic heterocycles. The first-order chi connectivity index (χ1) is 12.2. The third-order valence-corrected chi connectivity index (χ3v) is 5.85. The Bertz CT molecular complexity index is 435. The van der Waals surface area contributed by atoms with E-state index in [0.717, 1.165) is 51.9 Å². The summed E-state index contributed by atoms with van der Waals surface area (Å²) in [5.74, 6) is 0.565. The number of carbonyl (C=O) groups excluding carboxylic acids is 2. The summed E-state index contributed by atoms with van der Waals surface area (Å²) in [5, 5.41) is 3.22. The Morgan fingerprint density at radius 1 is 0.880 bits per heavy atom. The quantitative estimate of drug-likeness (QED) is 0.778. The van der Waals surface area contributed by atoms with E-state index >= 15 is 0 Å². The highest BCUT2D eigenvalue weighted by atomic mass is 16.5. The van der Waals surface area contributed by atoms with Crippen LogP contribution in [-0.4, -0.2) is 73.6 Å². The SMILES string of the molecule is O=C(CN1CCC(C(=O)N2CCOCC2)CC1)NC1CCCCCC1. The summed E-state index contributed by atoms with van der Waals surface area (Å²) in [6.07, 6.45) is 9.07. The number of ether oxygens (including phenoxy) is 1. The summed E-state index contributed by atoms with van der Waals surface area (Å²) in [5.41, 5.74) is 0. The number of rotatable bonds is 4. The maximum Gasteiger partial charge on any atom is 0.234 e. The Morgan fingerprint density at radius 2 is 1.52 bits per heavy atom. The molecule has 142 valence electrons. The van der Waals surface area contributed by atoms with Crippen LogP contribution in [0.5, 0.6) is 0 Å². The Labute approximate surface area is 151 Å². The fraction of sp³-hybridized carbons (Fsp3) is 0.895. The van der Waals surface area contributed by atoms with Gasteiger partial charge in [0.05, 0.1) is 19.8 Å². The zero-order valence-electron chi connectivity index (χ0n) is 15.4. The molecule has 25 heavy (non-hydrogen) atoms. The molecule has 0 aromatic carbocycles. The van der Waals surface area contributed by atoms with Gasteiger partial charge in [-0.3, -0.25) is 14.5 Å². The van der Waals surface area contributed by atoms with E-state index in [1.54, 1.807) is 0 Å². The molecule has 3 fully saturated rings. The number of amides is 2. The summed E-state index contributed by atoms with van der Waals surface area (Å²) in [7, 11) is 0. The van der Waals surface area contributed by atoms with Gasteiger partial charge in [-0.2, -0.15) is 0 Å². The molecule has 3 rings (SSSR count). The lowest BCUT2D eigenvalue weighted by molar-refractivity contribution is -0.141. The number of morpholine rings is 1. The molecule has 2 saturated heterocycles. The number of piperidine rings is 1. The molecular formula is C19H33N3O3. The first kappa shape index (κ1) is 18.6. The lowest BCUT2D eigenvalue weighted by Crippen LogP contribution is -2.48. The van der Waals surface area contributed by atoms with E-state index in [1.165, 1.54) is 25.7 Å². The predicted molar refractivity (Wildman–Crippen MR) is 96.2 cm³/mol. The van der Waals surface area contributed by atoms with Gasteiger partial charge in [-0.15, -0.1) is 0 Å². The van der Waals surface area contributed by atoms with E-state index < -0.39 is 0 Å². The van der Waals surface area contributed by atoms with Crippen LogP contribution in [0.2, 0.25) is 0 Å². The van der Waals surface area contributed by atoms with Crippen molar-refractivity contribution in [2.45, 2.75) is 57.4 Å². The van der Waals surface area contributed by atoms with Crippen LogP contribution in [0.3, 0.4) is 0 Å². The number of likely N-dealkylation sites (tertiary alicyclic amines) is 1. The van der Waals surface area contributed by atoms with Gasteiger partial charge in [-0.05, 0) is 38.8 Å². The molecular weight excluding hydrogens is 318 g/mol. The van der Waals surface area contributed by atoms with Crippen molar-refractivity contribution in [1.29, 1.82) is 0 Å². The van der Waals surface area contributed by atoms with Crippen LogP contribution >= 0.6 is 0 Å². The molecule has 1 N–H and O–H groups in total. The van der Waals surface area contributed by atoms with E-state index in [1.807, 2.05) is 4.90 Å². The van der Waals surface area contributed by atoms with Gasteiger partial charge in [0.15, 0.2) is 0 Å². The summed E-state index contributed by atoms with van der Waals surface area (Å²) in [6.45, 7) is 4.94. The number of hydrogen-bond acceptors (Lipinski definition) is 4. The average molecular weight is 351 g/mol. The molecule has 6 heteroatoms. The van der Waals surface area contributed by atoms with Crippen molar-refractivity contribution in [2.75, 3.05) is 45.9 Å². The van der Waals surface area contributed by atoms with Gasteiger partial charge in [0.2, 0.25) is 11.8 Å². The lowest BCUT2D eigenvalue weighted by atomic mass is 9.95. The highest BCUT2D eigenvalue weighted by Crippen LogP contribution is 2.21. The Kier molecular flexibility index (Phi) is 7.11. The molecule has 0 spiro atoms. The van der Waals surface area contributed by atoms with Crippen LogP contribution in [0.25, 0.3) is 0 Å². The number of hydrogen-bond donors (Lipinski definition) is 1. The number of carbonyl (C=O) groups is 2. The summed E-state index contributed by atoms with van der Waals surface area (Å²) in [6, 6.07) is 0.371. The van der Waals surface area contributed by atoms with Crippen molar-refractivity contribution in [2.24, 2.45) is 5.92 Å². The highest BCUT2D eigenvalue weighted by molar-refractivity contribution is 5.79. The molecule has 0 unspecified atom stereocenters. The van der Waals surface area contributed by atoms with Gasteiger partial charge in [-0.1, -0.05) is 25.7 Å². The van der Waals surface area contributed by atoms with Crippen molar-refractivity contribution in [1.82, 2.24) is 15.1 Å². The molecule has 0 radical (unpaired) electrons. The minimum Gasteiger partial charge on any atom is -0.378 e. The second-order valence-electron chi connectivity index (χ2n) is 7.74. The fourth-order valence-corrected chi connectivity index (χ4v) is 4.28. The van der Waals surface area contributed by atoms with E-state index in [0.29, 0.717) is 25.8 Å². The van der Waals surface area contributed by atoms with Gasteiger partial charge < -0.3 is 15.0 Å². The summed E-state index contributed by atoms with van der Waals surface area (Å²) < 4.78 is 5.32. The molecule has 6 nitrogen and oxygen atoms in total. The monoisotopic (exact) mass is 351 g/mol. The zero-order chi connectivity index (χ0) is 17.5. The van der Waals surface area contributed by atoms with E-state index in [9.17, 15) is 9.59 Å². The van der Waals surface area contributed by atoms with Crippen LogP contribution in [0.15, 0.2) is 0 Å². The molecule has 2 amide bonds. The van der Waals surface area contributed by atoms with Crippen LogP contribution in [0.4, 0.5) is 0 Å².